The largest absolute Gasteiger partial charge is 0.253 e. The molecule has 4 rings (SSSR count). The molecule has 0 amide bonds. The lowest BCUT2D eigenvalue weighted by Crippen LogP contribution is -2.20. The predicted molar refractivity (Wildman–Crippen MR) is 154 cm³/mol. The molecule has 34 heavy (non-hydrogen) atoms. The maximum Gasteiger partial charge on any atom is 0.0717 e. The molecule has 1 nitrogen and oxygen atoms in total. The van der Waals surface area contributed by atoms with E-state index in [0.717, 1.165) is 12.1 Å². The predicted octanol–water partition coefficient (Wildman–Crippen LogP) is 9.53. The third kappa shape index (κ3) is 5.28. The molecule has 1 heterocycles. The van der Waals surface area contributed by atoms with Crippen LogP contribution in [0.15, 0.2) is 60.7 Å². The second-order valence-corrected chi connectivity index (χ2v) is 18.8. The summed E-state index contributed by atoms with van der Waals surface area (Å²) in [5.41, 5.74) is 6.53. The Hall–Kier alpha value is -2.45. The molecule has 0 N–H and O–H groups in total. The summed E-state index contributed by atoms with van der Waals surface area (Å²) in [6.07, 6.45) is 1.06. The smallest absolute Gasteiger partial charge is 0.0717 e. The van der Waals surface area contributed by atoms with Crippen LogP contribution < -0.4 is 0 Å². The minimum Gasteiger partial charge on any atom is -0.253 e. The Kier molecular flexibility index (Phi) is 6.27. The van der Waals surface area contributed by atoms with E-state index in [4.69, 9.17) is 4.98 Å². The van der Waals surface area contributed by atoms with E-state index in [-0.39, 0.29) is 10.8 Å². The van der Waals surface area contributed by atoms with Crippen LogP contribution in [-0.2, 0) is 17.3 Å². The molecule has 2 heteroatoms. The van der Waals surface area contributed by atoms with Crippen LogP contribution in [0.5, 0.6) is 0 Å². The number of aryl methyl sites for hydroxylation is 1. The van der Waals surface area contributed by atoms with E-state index < -0.39 is 8.07 Å². The molecule has 178 valence electrons. The number of benzene rings is 3. The number of pyridine rings is 1. The molecule has 0 aliphatic carbocycles. The summed E-state index contributed by atoms with van der Waals surface area (Å²) in [6.45, 7) is 21.1. The Morgan fingerprint density at radius 3 is 1.97 bits per heavy atom. The Bertz CT molecular complexity index is 1340. The molecule has 0 aliphatic heterocycles. The van der Waals surface area contributed by atoms with Crippen LogP contribution >= 0.6 is 0 Å². The number of hydrogen-bond donors (Lipinski definition) is 0. The lowest BCUT2D eigenvalue weighted by atomic mass is 9.82. The summed E-state index contributed by atoms with van der Waals surface area (Å²) in [6, 6.07) is 24.2. The Balaban J connectivity index is 2.00. The van der Waals surface area contributed by atoms with Gasteiger partial charge in [0.1, 0.15) is 0 Å². The highest BCUT2D eigenvalue weighted by Gasteiger charge is 2.20. The molecule has 0 saturated heterocycles. The molecular formula is C32H41NSi. The van der Waals surface area contributed by atoms with Crippen molar-refractivity contribution in [3.8, 4) is 11.3 Å². The van der Waals surface area contributed by atoms with Gasteiger partial charge in [0, 0.05) is 19.3 Å². The summed E-state index contributed by atoms with van der Waals surface area (Å²) in [5.74, 6) is 0. The molecule has 0 aliphatic rings. The van der Waals surface area contributed by atoms with E-state index in [9.17, 15) is 0 Å². The third-order valence-electron chi connectivity index (χ3n) is 6.88. The second kappa shape index (κ2) is 8.64. The third-order valence-corrected chi connectivity index (χ3v) is 8.63. The van der Waals surface area contributed by atoms with E-state index in [0.29, 0.717) is 0 Å². The molecule has 0 atom stereocenters. The van der Waals surface area contributed by atoms with Gasteiger partial charge < -0.3 is 0 Å². The zero-order chi connectivity index (χ0) is 24.9. The zero-order valence-electron chi connectivity index (χ0n) is 22.6. The first-order chi connectivity index (χ1) is 15.7. The van der Waals surface area contributed by atoms with Gasteiger partial charge in [0.2, 0.25) is 0 Å². The van der Waals surface area contributed by atoms with Crippen molar-refractivity contribution in [3.05, 3.63) is 77.5 Å². The van der Waals surface area contributed by atoms with Gasteiger partial charge in [-0.1, -0.05) is 104 Å². The van der Waals surface area contributed by atoms with E-state index >= 15 is 0 Å². The SMILES string of the molecule is CC(C)(C)c1ccc2c(-c3cccc(CC[Si](C)(C)C)n3)c3cc(C(C)(C)C)ccc3cc2c1. The summed E-state index contributed by atoms with van der Waals surface area (Å²) >= 11 is 0. The standard InChI is InChI=1S/C32H41NSi/c1-31(2,3)24-15-16-27-23(20-24)19-22-13-14-25(32(4,5)6)21-28(22)30(27)29-12-10-11-26(33-29)17-18-34(7,8)9/h10-16,19-21H,17-18H2,1-9H3. The summed E-state index contributed by atoms with van der Waals surface area (Å²) < 4.78 is 0. The van der Waals surface area contributed by atoms with Crippen molar-refractivity contribution in [1.29, 1.82) is 0 Å². The topological polar surface area (TPSA) is 12.9 Å². The summed E-state index contributed by atoms with van der Waals surface area (Å²) in [5, 5.41) is 5.18. The van der Waals surface area contributed by atoms with Gasteiger partial charge in [-0.15, -0.1) is 0 Å². The van der Waals surface area contributed by atoms with Crippen molar-refractivity contribution in [2.24, 2.45) is 0 Å². The monoisotopic (exact) mass is 467 g/mol. The molecule has 0 spiro atoms. The molecule has 0 saturated carbocycles. The maximum absolute atomic E-state index is 5.23. The molecule has 1 aromatic heterocycles. The minimum atomic E-state index is -1.12. The van der Waals surface area contributed by atoms with Gasteiger partial charge in [0.05, 0.1) is 5.69 Å². The van der Waals surface area contributed by atoms with Gasteiger partial charge in [0.15, 0.2) is 0 Å². The minimum absolute atomic E-state index is 0.100. The van der Waals surface area contributed by atoms with Crippen molar-refractivity contribution in [2.75, 3.05) is 0 Å². The van der Waals surface area contributed by atoms with Crippen molar-refractivity contribution >= 4 is 29.6 Å². The van der Waals surface area contributed by atoms with Gasteiger partial charge in [0.25, 0.3) is 0 Å². The van der Waals surface area contributed by atoms with Crippen LogP contribution in [0.25, 0.3) is 32.8 Å². The number of rotatable bonds is 4. The number of hydrogen-bond acceptors (Lipinski definition) is 1. The number of fused-ring (bicyclic) bond motifs is 2. The first kappa shape index (κ1) is 24.7. The van der Waals surface area contributed by atoms with Crippen LogP contribution in [-0.4, -0.2) is 13.1 Å². The van der Waals surface area contributed by atoms with Crippen molar-refractivity contribution < 1.29 is 0 Å². The van der Waals surface area contributed by atoms with E-state index in [1.54, 1.807) is 0 Å². The number of nitrogens with zero attached hydrogens (tertiary/aromatic N) is 1. The fourth-order valence-corrected chi connectivity index (χ4v) is 5.60. The fourth-order valence-electron chi connectivity index (χ4n) is 4.59. The first-order valence-electron chi connectivity index (χ1n) is 12.7. The Morgan fingerprint density at radius 2 is 1.32 bits per heavy atom. The Morgan fingerprint density at radius 1 is 0.676 bits per heavy atom. The zero-order valence-corrected chi connectivity index (χ0v) is 23.6. The molecule has 0 bridgehead atoms. The van der Waals surface area contributed by atoms with Crippen LogP contribution in [0.1, 0.15) is 58.4 Å². The summed E-state index contributed by atoms with van der Waals surface area (Å²) in [4.78, 5) is 5.23. The molecule has 0 fully saturated rings. The lowest BCUT2D eigenvalue weighted by Gasteiger charge is -2.22. The van der Waals surface area contributed by atoms with Crippen molar-refractivity contribution in [1.82, 2.24) is 4.98 Å². The fraction of sp³-hybridized carbons (Fsp3) is 0.406. The van der Waals surface area contributed by atoms with Crippen LogP contribution in [0.3, 0.4) is 0 Å². The molecule has 0 unspecified atom stereocenters. The highest BCUT2D eigenvalue weighted by molar-refractivity contribution is 6.76. The average molecular weight is 468 g/mol. The van der Waals surface area contributed by atoms with E-state index in [1.165, 1.54) is 50.0 Å². The maximum atomic E-state index is 5.23. The van der Waals surface area contributed by atoms with E-state index in [1.807, 2.05) is 0 Å². The van der Waals surface area contributed by atoms with Crippen LogP contribution in [0.4, 0.5) is 0 Å². The first-order valence-corrected chi connectivity index (χ1v) is 16.4. The van der Waals surface area contributed by atoms with Gasteiger partial charge in [-0.2, -0.15) is 0 Å². The van der Waals surface area contributed by atoms with Gasteiger partial charge >= 0.3 is 0 Å². The second-order valence-electron chi connectivity index (χ2n) is 13.2. The van der Waals surface area contributed by atoms with Crippen LogP contribution in [0, 0.1) is 0 Å². The van der Waals surface area contributed by atoms with E-state index in [2.05, 4.69) is 122 Å². The highest BCUT2D eigenvalue weighted by atomic mass is 28.3. The average Bonchev–Trinajstić information content (AvgIpc) is 2.73. The quantitative estimate of drug-likeness (QED) is 0.215. The van der Waals surface area contributed by atoms with Gasteiger partial charge in [-0.3, -0.25) is 4.98 Å². The van der Waals surface area contributed by atoms with Crippen LogP contribution in [0.2, 0.25) is 25.7 Å². The molecule has 3 aromatic carbocycles. The molecule has 0 radical (unpaired) electrons. The normalized spacial score (nSPS) is 13.1. The van der Waals surface area contributed by atoms with Crippen molar-refractivity contribution in [2.45, 2.75) is 84.5 Å². The lowest BCUT2D eigenvalue weighted by molar-refractivity contribution is 0.590. The Labute approximate surface area is 207 Å². The van der Waals surface area contributed by atoms with Gasteiger partial charge in [-0.05, 0) is 74.2 Å². The van der Waals surface area contributed by atoms with Crippen molar-refractivity contribution in [3.63, 3.8) is 0 Å². The molecular weight excluding hydrogens is 426 g/mol. The van der Waals surface area contributed by atoms with Gasteiger partial charge in [-0.25, -0.2) is 0 Å². The number of aromatic nitrogens is 1. The molecule has 4 aromatic rings. The summed E-state index contributed by atoms with van der Waals surface area (Å²) in [7, 11) is -1.12. The highest BCUT2D eigenvalue weighted by Crippen LogP contribution is 2.39.